The molecule has 0 unspecified atom stereocenters. The van der Waals surface area contributed by atoms with E-state index in [4.69, 9.17) is 0 Å². The fraction of sp³-hybridized carbons (Fsp3) is 0.100. The van der Waals surface area contributed by atoms with Crippen LogP contribution < -0.4 is 0 Å². The summed E-state index contributed by atoms with van der Waals surface area (Å²) < 4.78 is 0.976. The van der Waals surface area contributed by atoms with Gasteiger partial charge in [0.15, 0.2) is 11.6 Å². The molecule has 0 aliphatic carbocycles. The summed E-state index contributed by atoms with van der Waals surface area (Å²) >= 11 is 3.36. The Morgan fingerprint density at radius 1 is 1.43 bits per heavy atom. The zero-order valence-electron chi connectivity index (χ0n) is 7.49. The molecule has 4 heteroatoms. The zero-order valence-corrected chi connectivity index (χ0v) is 9.08. The topological polar surface area (TPSA) is 42.9 Å². The number of carbonyl (C=O) groups is 1. The molecule has 0 N–H and O–H groups in total. The van der Waals surface area contributed by atoms with Gasteiger partial charge in [0.05, 0.1) is 5.52 Å². The maximum absolute atomic E-state index is 11.0. The molecule has 0 aliphatic heterocycles. The lowest BCUT2D eigenvalue weighted by atomic mass is 10.2. The van der Waals surface area contributed by atoms with E-state index in [9.17, 15) is 4.79 Å². The molecule has 3 nitrogen and oxygen atoms in total. The van der Waals surface area contributed by atoms with Crippen molar-refractivity contribution in [2.24, 2.45) is 0 Å². The number of nitrogens with zero attached hydrogens (tertiary/aromatic N) is 2. The molecule has 0 saturated heterocycles. The molecule has 2 rings (SSSR count). The van der Waals surface area contributed by atoms with Gasteiger partial charge in [-0.3, -0.25) is 4.79 Å². The summed E-state index contributed by atoms with van der Waals surface area (Å²) in [4.78, 5) is 19.1. The van der Waals surface area contributed by atoms with E-state index < -0.39 is 0 Å². The van der Waals surface area contributed by atoms with Gasteiger partial charge >= 0.3 is 0 Å². The highest BCUT2D eigenvalue weighted by atomic mass is 79.9. The summed E-state index contributed by atoms with van der Waals surface area (Å²) in [5, 5.41) is 0.921. The molecule has 0 radical (unpaired) electrons. The van der Waals surface area contributed by atoms with Crippen LogP contribution in [0, 0.1) is 0 Å². The van der Waals surface area contributed by atoms with Gasteiger partial charge in [0, 0.05) is 23.0 Å². The SMILES string of the molecule is CC(=O)c1ncc2cc(Br)ccc2n1. The second-order valence-electron chi connectivity index (χ2n) is 2.95. The highest BCUT2D eigenvalue weighted by Gasteiger charge is 2.03. The molecule has 1 aromatic heterocycles. The van der Waals surface area contributed by atoms with Crippen molar-refractivity contribution >= 4 is 32.6 Å². The predicted molar refractivity (Wildman–Crippen MR) is 57.2 cm³/mol. The van der Waals surface area contributed by atoms with Crippen LogP contribution in [0.15, 0.2) is 28.9 Å². The Kier molecular flexibility index (Phi) is 2.29. The average Bonchev–Trinajstić information content (AvgIpc) is 2.16. The van der Waals surface area contributed by atoms with Crippen molar-refractivity contribution in [1.29, 1.82) is 0 Å². The molecule has 0 atom stereocenters. The Bertz CT molecular complexity index is 510. The molecule has 2 aromatic rings. The molecule has 1 aromatic carbocycles. The van der Waals surface area contributed by atoms with Crippen LogP contribution in [0.25, 0.3) is 10.9 Å². The summed E-state index contributed by atoms with van der Waals surface area (Å²) in [6.07, 6.45) is 1.66. The fourth-order valence-electron chi connectivity index (χ4n) is 1.17. The van der Waals surface area contributed by atoms with Gasteiger partial charge in [-0.15, -0.1) is 0 Å². The van der Waals surface area contributed by atoms with E-state index in [1.807, 2.05) is 18.2 Å². The third-order valence-corrected chi connectivity index (χ3v) is 2.35. The Morgan fingerprint density at radius 3 is 2.93 bits per heavy atom. The quantitative estimate of drug-likeness (QED) is 0.731. The van der Waals surface area contributed by atoms with Crippen LogP contribution in [0.4, 0.5) is 0 Å². The second-order valence-corrected chi connectivity index (χ2v) is 3.87. The maximum atomic E-state index is 11.0. The molecule has 0 saturated carbocycles. The van der Waals surface area contributed by atoms with Gasteiger partial charge in [0.25, 0.3) is 0 Å². The van der Waals surface area contributed by atoms with Crippen molar-refractivity contribution in [2.75, 3.05) is 0 Å². The van der Waals surface area contributed by atoms with Gasteiger partial charge in [0.1, 0.15) is 0 Å². The van der Waals surface area contributed by atoms with E-state index >= 15 is 0 Å². The van der Waals surface area contributed by atoms with E-state index in [0.29, 0.717) is 0 Å². The highest BCUT2D eigenvalue weighted by molar-refractivity contribution is 9.10. The molecule has 0 fully saturated rings. The number of rotatable bonds is 1. The number of aromatic nitrogens is 2. The summed E-state index contributed by atoms with van der Waals surface area (Å²) in [7, 11) is 0. The molecule has 0 aliphatic rings. The van der Waals surface area contributed by atoms with E-state index in [2.05, 4.69) is 25.9 Å². The van der Waals surface area contributed by atoms with Gasteiger partial charge < -0.3 is 0 Å². The molecule has 14 heavy (non-hydrogen) atoms. The summed E-state index contributed by atoms with van der Waals surface area (Å²) in [6.45, 7) is 1.46. The van der Waals surface area contributed by atoms with Gasteiger partial charge in [-0.25, -0.2) is 9.97 Å². The number of ketones is 1. The van der Waals surface area contributed by atoms with Crippen LogP contribution >= 0.6 is 15.9 Å². The van der Waals surface area contributed by atoms with Crippen molar-refractivity contribution < 1.29 is 4.79 Å². The van der Waals surface area contributed by atoms with Crippen molar-refractivity contribution in [3.63, 3.8) is 0 Å². The second kappa shape index (κ2) is 3.46. The maximum Gasteiger partial charge on any atom is 0.196 e. The lowest BCUT2D eigenvalue weighted by molar-refractivity contribution is 0.100. The Morgan fingerprint density at radius 2 is 2.21 bits per heavy atom. The van der Waals surface area contributed by atoms with E-state index in [0.717, 1.165) is 15.4 Å². The molecule has 0 bridgehead atoms. The van der Waals surface area contributed by atoms with E-state index in [-0.39, 0.29) is 11.6 Å². The average molecular weight is 251 g/mol. The van der Waals surface area contributed by atoms with E-state index in [1.54, 1.807) is 6.20 Å². The lowest BCUT2D eigenvalue weighted by Gasteiger charge is -1.98. The number of hydrogen-bond donors (Lipinski definition) is 0. The summed E-state index contributed by atoms with van der Waals surface area (Å²) in [6, 6.07) is 5.66. The number of fused-ring (bicyclic) bond motifs is 1. The summed E-state index contributed by atoms with van der Waals surface area (Å²) in [5.41, 5.74) is 0.786. The molecular formula is C10H7BrN2O. The first-order chi connectivity index (χ1) is 6.66. The first-order valence-corrected chi connectivity index (χ1v) is 4.89. The normalized spacial score (nSPS) is 10.4. The van der Waals surface area contributed by atoms with Gasteiger partial charge in [-0.2, -0.15) is 0 Å². The minimum atomic E-state index is -0.116. The van der Waals surface area contributed by atoms with Gasteiger partial charge in [-0.05, 0) is 18.2 Å². The predicted octanol–water partition coefficient (Wildman–Crippen LogP) is 2.59. The number of carbonyl (C=O) groups excluding carboxylic acids is 1. The molecule has 0 spiro atoms. The smallest absolute Gasteiger partial charge is 0.196 e. The van der Waals surface area contributed by atoms with Crippen molar-refractivity contribution in [1.82, 2.24) is 9.97 Å². The van der Waals surface area contributed by atoms with Crippen molar-refractivity contribution in [2.45, 2.75) is 6.92 Å². The Labute approximate surface area is 89.3 Å². The van der Waals surface area contributed by atoms with Crippen LogP contribution in [-0.4, -0.2) is 15.8 Å². The minimum Gasteiger partial charge on any atom is -0.291 e. The molecule has 1 heterocycles. The van der Waals surface area contributed by atoms with Gasteiger partial charge in [0.2, 0.25) is 0 Å². The summed E-state index contributed by atoms with van der Waals surface area (Å²) in [5.74, 6) is 0.148. The Balaban J connectivity index is 2.67. The molecule has 70 valence electrons. The van der Waals surface area contributed by atoms with Crippen LogP contribution in [0.1, 0.15) is 17.5 Å². The first-order valence-electron chi connectivity index (χ1n) is 4.10. The lowest BCUT2D eigenvalue weighted by Crippen LogP contribution is -2.00. The van der Waals surface area contributed by atoms with Gasteiger partial charge in [-0.1, -0.05) is 15.9 Å². The minimum absolute atomic E-state index is 0.116. The van der Waals surface area contributed by atoms with Crippen LogP contribution in [0.2, 0.25) is 0 Å². The monoisotopic (exact) mass is 250 g/mol. The number of hydrogen-bond acceptors (Lipinski definition) is 3. The third-order valence-electron chi connectivity index (χ3n) is 1.86. The largest absolute Gasteiger partial charge is 0.291 e. The number of halogens is 1. The highest BCUT2D eigenvalue weighted by Crippen LogP contribution is 2.17. The first kappa shape index (κ1) is 9.27. The van der Waals surface area contributed by atoms with Crippen LogP contribution in [0.5, 0.6) is 0 Å². The number of benzene rings is 1. The Hall–Kier alpha value is -1.29. The zero-order chi connectivity index (χ0) is 10.1. The standard InChI is InChI=1S/C10H7BrN2O/c1-6(14)10-12-5-7-4-8(11)2-3-9(7)13-10/h2-5H,1H3. The van der Waals surface area contributed by atoms with Crippen molar-refractivity contribution in [3.05, 3.63) is 34.7 Å². The van der Waals surface area contributed by atoms with Crippen LogP contribution in [0.3, 0.4) is 0 Å². The van der Waals surface area contributed by atoms with E-state index in [1.165, 1.54) is 6.92 Å². The third kappa shape index (κ3) is 1.65. The van der Waals surface area contributed by atoms with Crippen molar-refractivity contribution in [3.8, 4) is 0 Å². The number of Topliss-reactive ketones (excluding diaryl/α,β-unsaturated/α-hetero) is 1. The molecular weight excluding hydrogens is 244 g/mol. The fourth-order valence-corrected chi connectivity index (χ4v) is 1.55. The molecule has 0 amide bonds. The van der Waals surface area contributed by atoms with Crippen LogP contribution in [-0.2, 0) is 0 Å².